The van der Waals surface area contributed by atoms with Crippen molar-refractivity contribution in [2.45, 2.75) is 72.8 Å². The first-order chi connectivity index (χ1) is 13.6. The number of pyridine rings is 1. The van der Waals surface area contributed by atoms with Crippen molar-refractivity contribution in [2.75, 3.05) is 0 Å². The van der Waals surface area contributed by atoms with Crippen molar-refractivity contribution in [1.82, 2.24) is 25.0 Å². The van der Waals surface area contributed by atoms with Crippen molar-refractivity contribution in [2.24, 2.45) is 13.0 Å². The van der Waals surface area contributed by atoms with Crippen molar-refractivity contribution in [3.63, 3.8) is 0 Å². The molecule has 0 radical (unpaired) electrons. The highest BCUT2D eigenvalue weighted by molar-refractivity contribution is 5.89. The maximum atomic E-state index is 11.7. The summed E-state index contributed by atoms with van der Waals surface area (Å²) in [4.78, 5) is 16.6. The van der Waals surface area contributed by atoms with Crippen LogP contribution < -0.4 is 4.74 Å². The van der Waals surface area contributed by atoms with Gasteiger partial charge in [-0.05, 0) is 26.3 Å². The fourth-order valence-electron chi connectivity index (χ4n) is 4.12. The predicted octanol–water partition coefficient (Wildman–Crippen LogP) is 4.74. The number of hydrogen-bond donors (Lipinski definition) is 1. The van der Waals surface area contributed by atoms with Gasteiger partial charge in [0.05, 0.1) is 17.3 Å². The number of aromatic amines is 1. The summed E-state index contributed by atoms with van der Waals surface area (Å²) in [6.45, 7) is 10.5. The zero-order chi connectivity index (χ0) is 20.9. The molecule has 3 aromatic heterocycles. The molecule has 1 N–H and O–H groups in total. The number of carbonyl (C=O) groups excluding carboxylic acids is 1. The zero-order valence-electron chi connectivity index (χ0n) is 18.0. The number of nitrogens with one attached hydrogen (secondary N) is 1. The SMILES string of the molecule is C.Cc1c2c(O[C@H](C)[C@H]3CCC(=O)C3)nc(-c3cn[nH]c3C(C)(C)C)cc2nn1C. The number of aromatic nitrogens is 5. The number of ketones is 1. The van der Waals surface area contributed by atoms with E-state index >= 15 is 0 Å². The van der Waals surface area contributed by atoms with Gasteiger partial charge in [0.1, 0.15) is 17.4 Å². The van der Waals surface area contributed by atoms with Gasteiger partial charge in [-0.15, -0.1) is 0 Å². The average molecular weight is 412 g/mol. The summed E-state index contributed by atoms with van der Waals surface area (Å²) in [7, 11) is 1.93. The van der Waals surface area contributed by atoms with Crippen molar-refractivity contribution >= 4 is 16.7 Å². The van der Waals surface area contributed by atoms with Crippen LogP contribution in [0.1, 0.15) is 65.8 Å². The Morgan fingerprint density at radius 3 is 2.70 bits per heavy atom. The molecule has 0 saturated heterocycles. The van der Waals surface area contributed by atoms with Crippen molar-refractivity contribution in [3.05, 3.63) is 23.7 Å². The summed E-state index contributed by atoms with van der Waals surface area (Å²) >= 11 is 0. The monoisotopic (exact) mass is 411 g/mol. The summed E-state index contributed by atoms with van der Waals surface area (Å²) in [6, 6.07) is 2.00. The lowest BCUT2D eigenvalue weighted by Gasteiger charge is -2.21. The minimum atomic E-state index is -0.0962. The molecule has 0 aliphatic heterocycles. The van der Waals surface area contributed by atoms with Crippen molar-refractivity contribution < 1.29 is 9.53 Å². The number of nitrogens with zero attached hydrogens (tertiary/aromatic N) is 4. The van der Waals surface area contributed by atoms with E-state index in [2.05, 4.69) is 36.1 Å². The summed E-state index contributed by atoms with van der Waals surface area (Å²) < 4.78 is 8.22. The summed E-state index contributed by atoms with van der Waals surface area (Å²) in [5.74, 6) is 1.14. The molecule has 0 aromatic carbocycles. The summed E-state index contributed by atoms with van der Waals surface area (Å²) in [6.07, 6.45) is 3.85. The minimum Gasteiger partial charge on any atom is -0.474 e. The molecule has 0 spiro atoms. The maximum Gasteiger partial charge on any atom is 0.225 e. The molecule has 1 aliphatic carbocycles. The molecule has 7 nitrogen and oxygen atoms in total. The van der Waals surface area contributed by atoms with Gasteiger partial charge in [-0.25, -0.2) is 4.98 Å². The van der Waals surface area contributed by atoms with E-state index in [0.29, 0.717) is 24.5 Å². The van der Waals surface area contributed by atoms with E-state index in [-0.39, 0.29) is 24.9 Å². The molecule has 2 atom stereocenters. The highest BCUT2D eigenvalue weighted by Crippen LogP contribution is 2.36. The smallest absolute Gasteiger partial charge is 0.225 e. The van der Waals surface area contributed by atoms with E-state index in [1.807, 2.05) is 37.8 Å². The highest BCUT2D eigenvalue weighted by atomic mass is 16.5. The topological polar surface area (TPSA) is 85.7 Å². The first-order valence-electron chi connectivity index (χ1n) is 10.2. The molecular weight excluding hydrogens is 378 g/mol. The van der Waals surface area contributed by atoms with Gasteiger partial charge >= 0.3 is 0 Å². The molecule has 0 unspecified atom stereocenters. The van der Waals surface area contributed by atoms with Gasteiger partial charge in [0.15, 0.2) is 0 Å². The zero-order valence-corrected chi connectivity index (χ0v) is 18.0. The summed E-state index contributed by atoms with van der Waals surface area (Å²) in [5.41, 5.74) is 4.53. The molecule has 0 amide bonds. The number of Topliss-reactive ketones (excluding diaryl/α,β-unsaturated/α-hetero) is 1. The first-order valence-corrected chi connectivity index (χ1v) is 10.2. The number of ether oxygens (including phenoxy) is 1. The Labute approximate surface area is 178 Å². The largest absolute Gasteiger partial charge is 0.474 e. The van der Waals surface area contributed by atoms with Crippen LogP contribution in [-0.2, 0) is 17.3 Å². The van der Waals surface area contributed by atoms with Gasteiger partial charge in [-0.3, -0.25) is 14.6 Å². The lowest BCUT2D eigenvalue weighted by molar-refractivity contribution is -0.117. The molecule has 1 saturated carbocycles. The van der Waals surface area contributed by atoms with Crippen LogP contribution in [0.25, 0.3) is 22.2 Å². The van der Waals surface area contributed by atoms with Crippen LogP contribution >= 0.6 is 0 Å². The molecule has 3 aromatic rings. The van der Waals surface area contributed by atoms with E-state index in [0.717, 1.165) is 40.0 Å². The molecule has 7 heteroatoms. The lowest BCUT2D eigenvalue weighted by atomic mass is 9.88. The number of aryl methyl sites for hydroxylation is 2. The van der Waals surface area contributed by atoms with Crippen LogP contribution in [0.5, 0.6) is 5.88 Å². The second kappa shape index (κ2) is 7.85. The fraction of sp³-hybridized carbons (Fsp3) is 0.565. The number of rotatable bonds is 4. The molecule has 162 valence electrons. The Bertz CT molecular complexity index is 1070. The average Bonchev–Trinajstić information content (AvgIpc) is 3.34. The van der Waals surface area contributed by atoms with Crippen LogP contribution in [0.15, 0.2) is 12.3 Å². The fourth-order valence-corrected chi connectivity index (χ4v) is 4.12. The van der Waals surface area contributed by atoms with Crippen LogP contribution in [0, 0.1) is 12.8 Å². The standard InChI is InChI=1S/C22H29N5O2.CH4/c1-12-19-18(26-27(12)6)10-17(16-11-23-25-20(16)22(3,4)5)24-21(19)29-13(2)14-7-8-15(28)9-14;/h10-11,13-14H,7-9H2,1-6H3,(H,23,25);1H4/t13-,14+;/m1./s1. The van der Waals surface area contributed by atoms with Gasteiger partial charge in [-0.1, -0.05) is 28.2 Å². The second-order valence-electron chi connectivity index (χ2n) is 9.19. The van der Waals surface area contributed by atoms with Gasteiger partial charge in [0, 0.05) is 48.2 Å². The Kier molecular flexibility index (Phi) is 5.76. The number of fused-ring (bicyclic) bond motifs is 1. The van der Waals surface area contributed by atoms with Crippen molar-refractivity contribution in [3.8, 4) is 17.1 Å². The Hall–Kier alpha value is -2.70. The number of hydrogen-bond acceptors (Lipinski definition) is 5. The quantitative estimate of drug-likeness (QED) is 0.670. The Morgan fingerprint density at radius 1 is 1.33 bits per heavy atom. The summed E-state index contributed by atoms with van der Waals surface area (Å²) in [5, 5.41) is 13.0. The van der Waals surface area contributed by atoms with Gasteiger partial charge < -0.3 is 4.74 Å². The molecule has 1 aliphatic rings. The first kappa shape index (κ1) is 22.0. The Balaban J connectivity index is 0.00000256. The predicted molar refractivity (Wildman–Crippen MR) is 119 cm³/mol. The molecule has 1 fully saturated rings. The van der Waals surface area contributed by atoms with Gasteiger partial charge in [-0.2, -0.15) is 10.2 Å². The number of carbonyl (C=O) groups is 1. The Morgan fingerprint density at radius 2 is 2.07 bits per heavy atom. The van der Waals surface area contributed by atoms with E-state index in [9.17, 15) is 4.79 Å². The van der Waals surface area contributed by atoms with Crippen molar-refractivity contribution in [1.29, 1.82) is 0 Å². The minimum absolute atomic E-state index is 0. The van der Waals surface area contributed by atoms with Crippen LogP contribution in [0.3, 0.4) is 0 Å². The van der Waals surface area contributed by atoms with E-state index in [1.54, 1.807) is 0 Å². The molecular formula is C23H33N5O2. The maximum absolute atomic E-state index is 11.7. The molecule has 0 bridgehead atoms. The van der Waals surface area contributed by atoms with Crippen LogP contribution in [-0.4, -0.2) is 36.8 Å². The second-order valence-corrected chi connectivity index (χ2v) is 9.19. The third-order valence-corrected chi connectivity index (χ3v) is 5.98. The lowest BCUT2D eigenvalue weighted by Crippen LogP contribution is -2.22. The molecule has 4 rings (SSSR count). The van der Waals surface area contributed by atoms with E-state index in [4.69, 9.17) is 9.72 Å². The van der Waals surface area contributed by atoms with Crippen LogP contribution in [0.2, 0.25) is 0 Å². The van der Waals surface area contributed by atoms with Crippen LogP contribution in [0.4, 0.5) is 0 Å². The van der Waals surface area contributed by atoms with Gasteiger partial charge in [0.25, 0.3) is 0 Å². The third kappa shape index (κ3) is 3.85. The van der Waals surface area contributed by atoms with E-state index in [1.165, 1.54) is 0 Å². The molecule has 30 heavy (non-hydrogen) atoms. The highest BCUT2D eigenvalue weighted by Gasteiger charge is 2.30. The molecule has 3 heterocycles. The van der Waals surface area contributed by atoms with Gasteiger partial charge in [0.2, 0.25) is 5.88 Å². The normalized spacial score (nSPS) is 17.9. The number of H-pyrrole nitrogens is 1. The third-order valence-electron chi connectivity index (χ3n) is 5.98. The van der Waals surface area contributed by atoms with E-state index < -0.39 is 0 Å².